The molecule has 0 spiro atoms. The number of aryl methyl sites for hydroxylation is 1. The van der Waals surface area contributed by atoms with Gasteiger partial charge in [0.1, 0.15) is 0 Å². The van der Waals surface area contributed by atoms with Crippen molar-refractivity contribution in [1.29, 1.82) is 0 Å². The average Bonchev–Trinajstić information content (AvgIpc) is 2.51. The van der Waals surface area contributed by atoms with Crippen LogP contribution in [0.2, 0.25) is 0 Å². The van der Waals surface area contributed by atoms with Crippen LogP contribution in [0.5, 0.6) is 0 Å². The maximum absolute atomic E-state index is 12.4. The van der Waals surface area contributed by atoms with Crippen LogP contribution in [0.1, 0.15) is 12.8 Å². The number of benzene rings is 1. The van der Waals surface area contributed by atoms with E-state index in [1.807, 2.05) is 13.1 Å². The van der Waals surface area contributed by atoms with Gasteiger partial charge in [-0.2, -0.15) is 0 Å². The van der Waals surface area contributed by atoms with Crippen molar-refractivity contribution in [2.24, 2.45) is 0 Å². The maximum atomic E-state index is 12.4. The van der Waals surface area contributed by atoms with Gasteiger partial charge in [0.05, 0.1) is 17.2 Å². The molecule has 1 aromatic carbocycles. The smallest absolute Gasteiger partial charge is 0.261 e. The summed E-state index contributed by atoms with van der Waals surface area (Å²) < 4.78 is 2.31. The number of fused-ring (bicyclic) bond motifs is 1. The van der Waals surface area contributed by atoms with Crippen LogP contribution in [-0.2, 0) is 11.3 Å². The van der Waals surface area contributed by atoms with Crippen LogP contribution in [0.25, 0.3) is 10.9 Å². The highest BCUT2D eigenvalue weighted by Crippen LogP contribution is 2.14. The van der Waals surface area contributed by atoms with Crippen molar-refractivity contribution < 1.29 is 4.79 Å². The molecule has 0 unspecified atom stereocenters. The minimum Gasteiger partial charge on any atom is -0.356 e. The van der Waals surface area contributed by atoms with Crippen LogP contribution in [0, 0.1) is 0 Å². The molecule has 22 heavy (non-hydrogen) atoms. The highest BCUT2D eigenvalue weighted by atomic mass is 79.9. The third kappa shape index (κ3) is 4.38. The van der Waals surface area contributed by atoms with Crippen molar-refractivity contribution >= 4 is 32.7 Å². The van der Waals surface area contributed by atoms with Crippen LogP contribution < -0.4 is 16.2 Å². The number of nitrogens with one attached hydrogen (secondary N) is 2. The van der Waals surface area contributed by atoms with E-state index in [9.17, 15) is 9.59 Å². The molecule has 1 aromatic heterocycles. The van der Waals surface area contributed by atoms with Gasteiger partial charge in [0.25, 0.3) is 5.56 Å². The Kier molecular flexibility index (Phi) is 6.09. The molecular weight excluding hydrogens is 348 g/mol. The molecule has 0 aliphatic heterocycles. The van der Waals surface area contributed by atoms with Gasteiger partial charge in [0.2, 0.25) is 5.91 Å². The van der Waals surface area contributed by atoms with E-state index in [1.54, 1.807) is 12.1 Å². The van der Waals surface area contributed by atoms with Crippen molar-refractivity contribution in [2.45, 2.75) is 19.4 Å². The van der Waals surface area contributed by atoms with Gasteiger partial charge in [-0.05, 0) is 38.2 Å². The lowest BCUT2D eigenvalue weighted by atomic mass is 10.2. The molecule has 1 heterocycles. The van der Waals surface area contributed by atoms with E-state index in [0.717, 1.165) is 17.4 Å². The summed E-state index contributed by atoms with van der Waals surface area (Å²) in [6, 6.07) is 5.39. The van der Waals surface area contributed by atoms with Crippen LogP contribution in [0.15, 0.2) is 33.8 Å². The fourth-order valence-electron chi connectivity index (χ4n) is 2.09. The van der Waals surface area contributed by atoms with Gasteiger partial charge in [-0.25, -0.2) is 4.98 Å². The summed E-state index contributed by atoms with van der Waals surface area (Å²) in [4.78, 5) is 28.3. The maximum Gasteiger partial charge on any atom is 0.261 e. The highest BCUT2D eigenvalue weighted by molar-refractivity contribution is 9.10. The normalized spacial score (nSPS) is 10.8. The fourth-order valence-corrected chi connectivity index (χ4v) is 2.45. The third-order valence-corrected chi connectivity index (χ3v) is 3.78. The Morgan fingerprint density at radius 1 is 1.36 bits per heavy atom. The molecule has 0 saturated carbocycles. The van der Waals surface area contributed by atoms with Gasteiger partial charge in [-0.15, -0.1) is 0 Å². The fraction of sp³-hybridized carbons (Fsp3) is 0.400. The molecule has 0 aliphatic carbocycles. The van der Waals surface area contributed by atoms with E-state index in [2.05, 4.69) is 31.5 Å². The molecule has 7 heteroatoms. The Bertz CT molecular complexity index is 714. The summed E-state index contributed by atoms with van der Waals surface area (Å²) in [6.07, 6.45) is 2.64. The number of carbonyl (C=O) groups excluding carboxylic acids is 1. The first-order chi connectivity index (χ1) is 10.6. The van der Waals surface area contributed by atoms with Crippen molar-refractivity contribution in [3.05, 3.63) is 39.4 Å². The van der Waals surface area contributed by atoms with Crippen LogP contribution in [-0.4, -0.2) is 35.6 Å². The van der Waals surface area contributed by atoms with Gasteiger partial charge in [0, 0.05) is 24.0 Å². The molecule has 6 nitrogen and oxygen atoms in total. The predicted molar refractivity (Wildman–Crippen MR) is 89.9 cm³/mol. The Balaban J connectivity index is 1.98. The quantitative estimate of drug-likeness (QED) is 0.723. The van der Waals surface area contributed by atoms with E-state index in [0.29, 0.717) is 24.0 Å². The molecule has 1 amide bonds. The van der Waals surface area contributed by atoms with E-state index in [-0.39, 0.29) is 17.9 Å². The molecule has 0 bridgehead atoms. The summed E-state index contributed by atoms with van der Waals surface area (Å²) in [5, 5.41) is 6.40. The zero-order valence-electron chi connectivity index (χ0n) is 12.4. The zero-order valence-corrected chi connectivity index (χ0v) is 14.0. The molecule has 2 rings (SSSR count). The number of amides is 1. The number of hydrogen-bond acceptors (Lipinski definition) is 4. The number of halogens is 1. The Hall–Kier alpha value is -1.73. The number of aromatic nitrogens is 2. The summed E-state index contributed by atoms with van der Waals surface area (Å²) in [5.41, 5.74) is 0.523. The highest BCUT2D eigenvalue weighted by Gasteiger charge is 2.07. The zero-order chi connectivity index (χ0) is 15.9. The van der Waals surface area contributed by atoms with Gasteiger partial charge < -0.3 is 10.6 Å². The van der Waals surface area contributed by atoms with Gasteiger partial charge in [0.15, 0.2) is 0 Å². The van der Waals surface area contributed by atoms with Gasteiger partial charge >= 0.3 is 0 Å². The molecule has 0 saturated heterocycles. The van der Waals surface area contributed by atoms with Crippen molar-refractivity contribution in [1.82, 2.24) is 20.2 Å². The summed E-state index contributed by atoms with van der Waals surface area (Å²) in [7, 11) is 1.87. The summed E-state index contributed by atoms with van der Waals surface area (Å²) in [6.45, 7) is 1.83. The number of rotatable bonds is 7. The van der Waals surface area contributed by atoms with Crippen molar-refractivity contribution in [3.63, 3.8) is 0 Å². The lowest BCUT2D eigenvalue weighted by molar-refractivity contribution is -0.121. The van der Waals surface area contributed by atoms with Crippen LogP contribution in [0.3, 0.4) is 0 Å². The molecule has 118 valence electrons. The van der Waals surface area contributed by atoms with Gasteiger partial charge in [-0.3, -0.25) is 14.2 Å². The van der Waals surface area contributed by atoms with E-state index in [4.69, 9.17) is 0 Å². The molecule has 2 aromatic rings. The summed E-state index contributed by atoms with van der Waals surface area (Å²) in [5.74, 6) is -0.0580. The first-order valence-electron chi connectivity index (χ1n) is 7.18. The topological polar surface area (TPSA) is 76.0 Å². The second-order valence-corrected chi connectivity index (χ2v) is 5.88. The molecular formula is C15H19BrN4O2. The van der Waals surface area contributed by atoms with Crippen molar-refractivity contribution in [3.8, 4) is 0 Å². The number of nitrogens with zero attached hydrogens (tertiary/aromatic N) is 2. The lowest BCUT2D eigenvalue weighted by Gasteiger charge is -2.08. The molecule has 0 aliphatic rings. The van der Waals surface area contributed by atoms with Gasteiger partial charge in [-0.1, -0.05) is 15.9 Å². The van der Waals surface area contributed by atoms with Crippen LogP contribution >= 0.6 is 15.9 Å². The van der Waals surface area contributed by atoms with E-state index < -0.39 is 0 Å². The lowest BCUT2D eigenvalue weighted by Crippen LogP contribution is -2.29. The first-order valence-corrected chi connectivity index (χ1v) is 7.97. The predicted octanol–water partition coefficient (Wildman–Crippen LogP) is 1.27. The van der Waals surface area contributed by atoms with E-state index in [1.165, 1.54) is 10.9 Å². The number of carbonyl (C=O) groups is 1. The standard InChI is InChI=1S/C15H19BrN4O2/c1-17-6-2-7-18-14(21)5-8-20-10-19-13-4-3-11(16)9-12(13)15(20)22/h3-4,9-10,17H,2,5-8H2,1H3,(H,18,21). The Labute approximate surface area is 137 Å². The van der Waals surface area contributed by atoms with E-state index >= 15 is 0 Å². The minimum absolute atomic E-state index is 0.0580. The SMILES string of the molecule is CNCCCNC(=O)CCn1cnc2ccc(Br)cc2c1=O. The Morgan fingerprint density at radius 2 is 2.18 bits per heavy atom. The van der Waals surface area contributed by atoms with Crippen LogP contribution in [0.4, 0.5) is 0 Å². The number of hydrogen-bond donors (Lipinski definition) is 2. The minimum atomic E-state index is -0.130. The Morgan fingerprint density at radius 3 is 2.95 bits per heavy atom. The first kappa shape index (κ1) is 16.6. The second kappa shape index (κ2) is 8.05. The molecule has 0 fully saturated rings. The largest absolute Gasteiger partial charge is 0.356 e. The second-order valence-electron chi connectivity index (χ2n) is 4.96. The molecule has 0 atom stereocenters. The average molecular weight is 367 g/mol. The van der Waals surface area contributed by atoms with Crippen molar-refractivity contribution in [2.75, 3.05) is 20.1 Å². The summed E-state index contributed by atoms with van der Waals surface area (Å²) >= 11 is 3.35. The molecule has 0 radical (unpaired) electrons. The monoisotopic (exact) mass is 366 g/mol. The third-order valence-electron chi connectivity index (χ3n) is 3.29. The molecule has 2 N–H and O–H groups in total.